The fraction of sp³-hybridized carbons (Fsp3) is 0.143. The number of halogens is 1. The van der Waals surface area contributed by atoms with Crippen molar-refractivity contribution in [2.24, 2.45) is 5.73 Å². The third kappa shape index (κ3) is 3.24. The molecule has 0 atom stereocenters. The second-order valence-corrected chi connectivity index (χ2v) is 6.54. The maximum absolute atomic E-state index is 12.8. The van der Waals surface area contributed by atoms with Crippen molar-refractivity contribution in [2.75, 3.05) is 23.7 Å². The van der Waals surface area contributed by atoms with Gasteiger partial charge in [-0.15, -0.1) is 11.3 Å². The average molecular weight is 336 g/mol. The number of hydrogen-bond donors (Lipinski definition) is 3. The van der Waals surface area contributed by atoms with E-state index in [1.807, 2.05) is 6.07 Å². The van der Waals surface area contributed by atoms with Crippen molar-refractivity contribution in [3.05, 3.63) is 41.0 Å². The first kappa shape index (κ1) is 14.9. The van der Waals surface area contributed by atoms with E-state index in [9.17, 15) is 9.18 Å². The lowest BCUT2D eigenvalue weighted by molar-refractivity contribution is 0.103. The Morgan fingerprint density at radius 3 is 2.73 bits per heavy atom. The zero-order valence-electron chi connectivity index (χ0n) is 11.4. The molecule has 0 spiro atoms. The molecule has 2 heterocycles. The molecule has 0 aliphatic heterocycles. The minimum Gasteiger partial charge on any atom is -0.360 e. The lowest BCUT2D eigenvalue weighted by Gasteiger charge is -2.02. The number of anilines is 2. The van der Waals surface area contributed by atoms with E-state index in [0.717, 1.165) is 14.7 Å². The number of nitrogens with zero attached hydrogens (tertiary/aromatic N) is 1. The average Bonchev–Trinajstić information content (AvgIpc) is 3.05. The normalized spacial score (nSPS) is 10.8. The summed E-state index contributed by atoms with van der Waals surface area (Å²) in [6, 6.07) is 7.47. The minimum atomic E-state index is -0.337. The molecule has 0 unspecified atom stereocenters. The topological polar surface area (TPSA) is 80.0 Å². The standard InChI is InChI=1S/C14H13FN4OS2/c15-8-1-3-9(4-2-8)18-12(20)10-7-11-13(21-10)19-14(22-11)17-6-5-16/h1-4,7H,5-6,16H2,(H,17,19)(H,18,20). The second kappa shape index (κ2) is 6.39. The van der Waals surface area contributed by atoms with Crippen molar-refractivity contribution in [3.8, 4) is 0 Å². The maximum atomic E-state index is 12.8. The number of fused-ring (bicyclic) bond motifs is 1. The van der Waals surface area contributed by atoms with Gasteiger partial charge in [-0.1, -0.05) is 11.3 Å². The Bertz CT molecular complexity index is 765. The van der Waals surface area contributed by atoms with Crippen LogP contribution in [-0.4, -0.2) is 24.0 Å². The highest BCUT2D eigenvalue weighted by Crippen LogP contribution is 2.33. The van der Waals surface area contributed by atoms with E-state index in [2.05, 4.69) is 15.6 Å². The monoisotopic (exact) mass is 336 g/mol. The number of benzene rings is 1. The number of carbonyl (C=O) groups excluding carboxylic acids is 1. The number of nitrogens with two attached hydrogens (primary N) is 1. The van der Waals surface area contributed by atoms with E-state index < -0.39 is 0 Å². The van der Waals surface area contributed by atoms with E-state index >= 15 is 0 Å². The predicted octanol–water partition coefficient (Wildman–Crippen LogP) is 3.12. The predicted molar refractivity (Wildman–Crippen MR) is 89.4 cm³/mol. The van der Waals surface area contributed by atoms with Crippen molar-refractivity contribution in [1.29, 1.82) is 0 Å². The number of thiazole rings is 1. The molecule has 3 rings (SSSR count). The lowest BCUT2D eigenvalue weighted by atomic mass is 10.3. The number of thiophene rings is 1. The van der Waals surface area contributed by atoms with Gasteiger partial charge in [0.1, 0.15) is 10.6 Å². The van der Waals surface area contributed by atoms with Gasteiger partial charge in [0, 0.05) is 18.8 Å². The number of carbonyl (C=O) groups is 1. The maximum Gasteiger partial charge on any atom is 0.265 e. The van der Waals surface area contributed by atoms with Crippen LogP contribution in [-0.2, 0) is 0 Å². The zero-order valence-corrected chi connectivity index (χ0v) is 13.1. The molecule has 22 heavy (non-hydrogen) atoms. The van der Waals surface area contributed by atoms with E-state index in [0.29, 0.717) is 23.7 Å². The Kier molecular flexibility index (Phi) is 4.32. The van der Waals surface area contributed by atoms with Gasteiger partial charge < -0.3 is 16.4 Å². The molecule has 3 aromatic rings. The van der Waals surface area contributed by atoms with Crippen LogP contribution >= 0.6 is 22.7 Å². The van der Waals surface area contributed by atoms with Gasteiger partial charge in [0.2, 0.25) is 0 Å². The van der Waals surface area contributed by atoms with Gasteiger partial charge in [-0.2, -0.15) is 0 Å². The molecule has 8 heteroatoms. The van der Waals surface area contributed by atoms with Crippen molar-refractivity contribution >= 4 is 48.9 Å². The van der Waals surface area contributed by atoms with Gasteiger partial charge in [-0.05, 0) is 30.3 Å². The Morgan fingerprint density at radius 2 is 2.05 bits per heavy atom. The second-order valence-electron chi connectivity index (χ2n) is 4.48. The molecule has 1 aromatic carbocycles. The SMILES string of the molecule is NCCNc1nc2sc(C(=O)Nc3ccc(F)cc3)cc2s1. The summed E-state index contributed by atoms with van der Waals surface area (Å²) in [6.45, 7) is 1.21. The van der Waals surface area contributed by atoms with Gasteiger partial charge >= 0.3 is 0 Å². The van der Waals surface area contributed by atoms with Crippen LogP contribution in [0.2, 0.25) is 0 Å². The van der Waals surface area contributed by atoms with Crippen LogP contribution in [0.5, 0.6) is 0 Å². The van der Waals surface area contributed by atoms with Crippen LogP contribution in [0.1, 0.15) is 9.67 Å². The third-order valence-corrected chi connectivity index (χ3v) is 4.95. The summed E-state index contributed by atoms with van der Waals surface area (Å²) < 4.78 is 13.8. The molecule has 0 aliphatic rings. The van der Waals surface area contributed by atoms with Crippen molar-refractivity contribution < 1.29 is 9.18 Å². The van der Waals surface area contributed by atoms with Gasteiger partial charge in [0.25, 0.3) is 5.91 Å². The van der Waals surface area contributed by atoms with Crippen molar-refractivity contribution in [3.63, 3.8) is 0 Å². The Labute approximate surface area is 134 Å². The largest absolute Gasteiger partial charge is 0.360 e. The van der Waals surface area contributed by atoms with Gasteiger partial charge in [-0.25, -0.2) is 9.37 Å². The smallest absolute Gasteiger partial charge is 0.265 e. The highest BCUT2D eigenvalue weighted by Gasteiger charge is 2.14. The first-order valence-electron chi connectivity index (χ1n) is 6.57. The Morgan fingerprint density at radius 1 is 1.27 bits per heavy atom. The molecule has 0 radical (unpaired) electrons. The molecule has 0 saturated heterocycles. The number of amides is 1. The quantitative estimate of drug-likeness (QED) is 0.669. The summed E-state index contributed by atoms with van der Waals surface area (Å²) in [6.07, 6.45) is 0. The minimum absolute atomic E-state index is 0.224. The Balaban J connectivity index is 1.73. The first-order chi connectivity index (χ1) is 10.7. The third-order valence-electron chi connectivity index (χ3n) is 2.84. The van der Waals surface area contributed by atoms with Crippen molar-refractivity contribution in [2.45, 2.75) is 0 Å². The summed E-state index contributed by atoms with van der Waals surface area (Å²) in [5.41, 5.74) is 5.99. The van der Waals surface area contributed by atoms with Crippen LogP contribution in [0.15, 0.2) is 30.3 Å². The van der Waals surface area contributed by atoms with E-state index in [-0.39, 0.29) is 11.7 Å². The highest BCUT2D eigenvalue weighted by molar-refractivity contribution is 7.29. The molecule has 0 bridgehead atoms. The van der Waals surface area contributed by atoms with Crippen LogP contribution in [0, 0.1) is 5.82 Å². The van der Waals surface area contributed by atoms with Crippen molar-refractivity contribution in [1.82, 2.24) is 4.98 Å². The fourth-order valence-electron chi connectivity index (χ4n) is 1.83. The molecular formula is C14H13FN4OS2. The molecule has 0 saturated carbocycles. The summed E-state index contributed by atoms with van der Waals surface area (Å²) >= 11 is 2.81. The highest BCUT2D eigenvalue weighted by atomic mass is 32.1. The van der Waals surface area contributed by atoms with E-state index in [1.165, 1.54) is 46.9 Å². The fourth-order valence-corrected chi connectivity index (χ4v) is 3.86. The Hall–Kier alpha value is -2.03. The van der Waals surface area contributed by atoms with Gasteiger partial charge in [0.05, 0.1) is 9.58 Å². The number of rotatable bonds is 5. The van der Waals surface area contributed by atoms with Crippen LogP contribution in [0.25, 0.3) is 9.53 Å². The molecule has 5 nitrogen and oxygen atoms in total. The van der Waals surface area contributed by atoms with Crippen LogP contribution < -0.4 is 16.4 Å². The molecule has 114 valence electrons. The zero-order chi connectivity index (χ0) is 15.5. The van der Waals surface area contributed by atoms with Gasteiger partial charge in [-0.3, -0.25) is 4.79 Å². The van der Waals surface area contributed by atoms with Crippen LogP contribution in [0.3, 0.4) is 0 Å². The summed E-state index contributed by atoms with van der Waals surface area (Å²) in [5.74, 6) is -0.561. The van der Waals surface area contributed by atoms with Crippen LogP contribution in [0.4, 0.5) is 15.2 Å². The molecule has 4 N–H and O–H groups in total. The van der Waals surface area contributed by atoms with Gasteiger partial charge in [0.15, 0.2) is 5.13 Å². The number of nitrogens with one attached hydrogen (secondary N) is 2. The number of hydrogen-bond acceptors (Lipinski definition) is 6. The summed E-state index contributed by atoms with van der Waals surface area (Å²) in [4.78, 5) is 18.0. The van der Waals surface area contributed by atoms with E-state index in [4.69, 9.17) is 5.73 Å². The number of aromatic nitrogens is 1. The molecule has 0 aliphatic carbocycles. The molecular weight excluding hydrogens is 323 g/mol. The summed E-state index contributed by atoms with van der Waals surface area (Å²) in [5, 5.41) is 6.65. The molecule has 1 amide bonds. The van der Waals surface area contributed by atoms with E-state index in [1.54, 1.807) is 0 Å². The molecule has 2 aromatic heterocycles. The molecule has 0 fully saturated rings. The first-order valence-corrected chi connectivity index (χ1v) is 8.20. The summed E-state index contributed by atoms with van der Waals surface area (Å²) in [7, 11) is 0. The lowest BCUT2D eigenvalue weighted by Crippen LogP contribution is -2.12.